The number of hydrogen-bond acceptors (Lipinski definition) is 5. The van der Waals surface area contributed by atoms with E-state index in [9.17, 15) is 4.21 Å². The number of amidine groups is 1. The standard InChI is InChI=1S/C16H17ClN4OS/c1-10-7-11-8-18-14(12-5-3-4-6-13(12)17)15-19-20(2)9-21(15)16(11)23(10)22/h3-6,10H,7-9H2,1-2H3. The van der Waals surface area contributed by atoms with Gasteiger partial charge in [-0.2, -0.15) is 5.10 Å². The molecule has 1 aromatic carbocycles. The molecular formula is C16H17ClN4OS. The predicted molar refractivity (Wildman–Crippen MR) is 94.0 cm³/mol. The molecule has 5 nitrogen and oxygen atoms in total. The molecule has 0 N–H and O–H groups in total. The van der Waals surface area contributed by atoms with Gasteiger partial charge in [-0.3, -0.25) is 19.1 Å². The van der Waals surface area contributed by atoms with Gasteiger partial charge in [0.1, 0.15) is 17.4 Å². The highest BCUT2D eigenvalue weighted by Gasteiger charge is 2.40. The van der Waals surface area contributed by atoms with Crippen molar-refractivity contribution < 1.29 is 4.21 Å². The third kappa shape index (κ3) is 2.32. The highest BCUT2D eigenvalue weighted by Crippen LogP contribution is 2.35. The van der Waals surface area contributed by atoms with E-state index in [1.807, 2.05) is 48.1 Å². The first-order chi connectivity index (χ1) is 11.1. The van der Waals surface area contributed by atoms with Crippen molar-refractivity contribution in [2.75, 3.05) is 20.3 Å². The summed E-state index contributed by atoms with van der Waals surface area (Å²) in [5.74, 6) is 0.744. The number of benzene rings is 1. The SMILES string of the molecule is CC1CC2=C(N3CN(C)N=C3C(c3ccccc3Cl)=NC2)S1=O. The van der Waals surface area contributed by atoms with Crippen molar-refractivity contribution in [1.29, 1.82) is 0 Å². The van der Waals surface area contributed by atoms with Crippen LogP contribution in [0.25, 0.3) is 0 Å². The summed E-state index contributed by atoms with van der Waals surface area (Å²) in [5, 5.41) is 8.14. The first-order valence-electron chi connectivity index (χ1n) is 7.56. The van der Waals surface area contributed by atoms with Crippen LogP contribution in [0.15, 0.2) is 45.0 Å². The number of rotatable bonds is 1. The lowest BCUT2D eigenvalue weighted by molar-refractivity contribution is 0.313. The minimum absolute atomic E-state index is 0.143. The molecular weight excluding hydrogens is 332 g/mol. The van der Waals surface area contributed by atoms with Gasteiger partial charge in [0.15, 0.2) is 5.84 Å². The maximum atomic E-state index is 12.7. The van der Waals surface area contributed by atoms with E-state index in [4.69, 9.17) is 16.6 Å². The van der Waals surface area contributed by atoms with Gasteiger partial charge in [0, 0.05) is 17.9 Å². The molecule has 7 heteroatoms. The Bertz CT molecular complexity index is 801. The molecule has 0 fully saturated rings. The number of aliphatic imine (C=N–C) groups is 1. The summed E-state index contributed by atoms with van der Waals surface area (Å²) >= 11 is 6.37. The molecule has 3 aliphatic heterocycles. The lowest BCUT2D eigenvalue weighted by Gasteiger charge is -2.21. The van der Waals surface area contributed by atoms with E-state index in [0.717, 1.165) is 34.1 Å². The minimum atomic E-state index is -1.01. The predicted octanol–water partition coefficient (Wildman–Crippen LogP) is 2.41. The fourth-order valence-electron chi connectivity index (χ4n) is 3.23. The van der Waals surface area contributed by atoms with E-state index in [1.54, 1.807) is 0 Å². The van der Waals surface area contributed by atoms with Crippen LogP contribution in [0.1, 0.15) is 18.9 Å². The molecule has 1 aromatic rings. The van der Waals surface area contributed by atoms with Gasteiger partial charge in [0.2, 0.25) is 0 Å². The number of nitrogens with zero attached hydrogens (tertiary/aromatic N) is 4. The second-order valence-electron chi connectivity index (χ2n) is 6.02. The maximum absolute atomic E-state index is 12.7. The van der Waals surface area contributed by atoms with Crippen LogP contribution in [0.4, 0.5) is 0 Å². The van der Waals surface area contributed by atoms with Crippen molar-refractivity contribution in [2.24, 2.45) is 10.1 Å². The van der Waals surface area contributed by atoms with Crippen LogP contribution in [0.3, 0.4) is 0 Å². The lowest BCUT2D eigenvalue weighted by Crippen LogP contribution is -2.35. The molecule has 0 bridgehead atoms. The molecule has 0 spiro atoms. The molecule has 3 heterocycles. The van der Waals surface area contributed by atoms with Crippen LogP contribution in [-0.4, -0.2) is 51.2 Å². The van der Waals surface area contributed by atoms with E-state index in [2.05, 4.69) is 5.10 Å². The Hall–Kier alpha value is -1.66. The Balaban J connectivity index is 1.85. The second-order valence-corrected chi connectivity index (χ2v) is 8.21. The lowest BCUT2D eigenvalue weighted by atomic mass is 10.1. The van der Waals surface area contributed by atoms with E-state index < -0.39 is 10.8 Å². The zero-order valence-electron chi connectivity index (χ0n) is 13.0. The fourth-order valence-corrected chi connectivity index (χ4v) is 4.99. The topological polar surface area (TPSA) is 48.3 Å². The second kappa shape index (κ2) is 5.46. The van der Waals surface area contributed by atoms with Crippen molar-refractivity contribution >= 4 is 33.9 Å². The van der Waals surface area contributed by atoms with Gasteiger partial charge >= 0.3 is 0 Å². The van der Waals surface area contributed by atoms with Gasteiger partial charge in [-0.15, -0.1) is 0 Å². The van der Waals surface area contributed by atoms with Crippen molar-refractivity contribution in [1.82, 2.24) is 9.91 Å². The third-order valence-electron chi connectivity index (χ3n) is 4.27. The van der Waals surface area contributed by atoms with Crippen molar-refractivity contribution in [3.8, 4) is 0 Å². The maximum Gasteiger partial charge on any atom is 0.181 e. The van der Waals surface area contributed by atoms with Crippen molar-refractivity contribution in [3.05, 3.63) is 45.5 Å². The summed E-state index contributed by atoms with van der Waals surface area (Å²) in [6, 6.07) is 7.66. The van der Waals surface area contributed by atoms with Gasteiger partial charge in [-0.25, -0.2) is 0 Å². The zero-order valence-corrected chi connectivity index (χ0v) is 14.6. The molecule has 23 heavy (non-hydrogen) atoms. The normalized spacial score (nSPS) is 26.7. The Morgan fingerprint density at radius 1 is 1.35 bits per heavy atom. The van der Waals surface area contributed by atoms with E-state index in [1.165, 1.54) is 0 Å². The van der Waals surface area contributed by atoms with Crippen LogP contribution < -0.4 is 0 Å². The summed E-state index contributed by atoms with van der Waals surface area (Å²) in [5.41, 5.74) is 2.80. The number of hydrazone groups is 1. The first kappa shape index (κ1) is 14.9. The Kier molecular flexibility index (Phi) is 3.54. The number of hydrogen-bond donors (Lipinski definition) is 0. The molecule has 2 atom stereocenters. The van der Waals surface area contributed by atoms with Crippen LogP contribution in [0, 0.1) is 0 Å². The highest BCUT2D eigenvalue weighted by atomic mass is 35.5. The van der Waals surface area contributed by atoms with E-state index in [0.29, 0.717) is 18.2 Å². The summed E-state index contributed by atoms with van der Waals surface area (Å²) in [7, 11) is 0.904. The zero-order chi connectivity index (χ0) is 16.1. The molecule has 0 aromatic heterocycles. The average Bonchev–Trinajstić information content (AvgIpc) is 2.98. The van der Waals surface area contributed by atoms with Gasteiger partial charge in [0.05, 0.1) is 22.4 Å². The van der Waals surface area contributed by atoms with E-state index >= 15 is 0 Å². The average molecular weight is 349 g/mol. The van der Waals surface area contributed by atoms with Crippen LogP contribution in [0.2, 0.25) is 5.02 Å². The highest BCUT2D eigenvalue weighted by molar-refractivity contribution is 7.89. The van der Waals surface area contributed by atoms with Gasteiger partial charge in [-0.1, -0.05) is 36.7 Å². The Morgan fingerprint density at radius 3 is 2.91 bits per heavy atom. The van der Waals surface area contributed by atoms with Gasteiger partial charge in [0.25, 0.3) is 0 Å². The molecule has 0 amide bonds. The minimum Gasteiger partial charge on any atom is -0.296 e. The van der Waals surface area contributed by atoms with Gasteiger partial charge < -0.3 is 0 Å². The first-order valence-corrected chi connectivity index (χ1v) is 9.15. The smallest absolute Gasteiger partial charge is 0.181 e. The van der Waals surface area contributed by atoms with Crippen molar-refractivity contribution in [2.45, 2.75) is 18.6 Å². The summed E-state index contributed by atoms with van der Waals surface area (Å²) in [6.07, 6.45) is 0.828. The van der Waals surface area contributed by atoms with Crippen LogP contribution >= 0.6 is 11.6 Å². The van der Waals surface area contributed by atoms with Gasteiger partial charge in [-0.05, 0) is 18.1 Å². The molecule has 0 saturated carbocycles. The largest absolute Gasteiger partial charge is 0.296 e. The molecule has 3 aliphatic rings. The Morgan fingerprint density at radius 2 is 2.13 bits per heavy atom. The fraction of sp³-hybridized carbons (Fsp3) is 0.375. The van der Waals surface area contributed by atoms with Crippen LogP contribution in [-0.2, 0) is 10.8 Å². The van der Waals surface area contributed by atoms with Crippen LogP contribution in [0.5, 0.6) is 0 Å². The van der Waals surface area contributed by atoms with E-state index in [-0.39, 0.29) is 5.25 Å². The molecule has 0 saturated heterocycles. The monoisotopic (exact) mass is 348 g/mol. The molecule has 0 radical (unpaired) electrons. The molecule has 2 unspecified atom stereocenters. The summed E-state index contributed by atoms with van der Waals surface area (Å²) in [4.78, 5) is 6.83. The summed E-state index contributed by atoms with van der Waals surface area (Å²) in [6.45, 7) is 3.18. The molecule has 120 valence electrons. The number of halogens is 1. The molecule has 4 rings (SSSR count). The third-order valence-corrected chi connectivity index (χ3v) is 6.39. The number of fused-ring (bicyclic) bond motifs is 2. The molecule has 0 aliphatic carbocycles. The van der Waals surface area contributed by atoms with Crippen molar-refractivity contribution in [3.63, 3.8) is 0 Å². The Labute approximate surface area is 142 Å². The quantitative estimate of drug-likeness (QED) is 0.783. The summed E-state index contributed by atoms with van der Waals surface area (Å²) < 4.78 is 12.7.